The Balaban J connectivity index is 1.29. The Morgan fingerprint density at radius 3 is 1.85 bits per heavy atom. The third-order valence-electron chi connectivity index (χ3n) is 10.1. The van der Waals surface area contributed by atoms with Gasteiger partial charge in [-0.05, 0) is 83.9 Å². The van der Waals surface area contributed by atoms with E-state index in [2.05, 4.69) is 170 Å². The molecular formula is C45H28S. The van der Waals surface area contributed by atoms with E-state index in [0.29, 0.717) is 0 Å². The van der Waals surface area contributed by atoms with E-state index in [-0.39, 0.29) is 0 Å². The number of rotatable bonds is 3. The topological polar surface area (TPSA) is 0 Å². The monoisotopic (exact) mass is 600 g/mol. The van der Waals surface area contributed by atoms with Crippen LogP contribution < -0.4 is 0 Å². The third-order valence-corrected chi connectivity index (χ3v) is 11.3. The number of benzene rings is 8. The van der Waals surface area contributed by atoms with Gasteiger partial charge in [0, 0.05) is 15.2 Å². The fourth-order valence-corrected chi connectivity index (χ4v) is 9.53. The first-order chi connectivity index (χ1) is 22.8. The van der Waals surface area contributed by atoms with E-state index < -0.39 is 5.41 Å². The number of fused-ring (bicyclic) bond motifs is 7. The first-order valence-electron chi connectivity index (χ1n) is 15.9. The summed E-state index contributed by atoms with van der Waals surface area (Å²) in [6, 6.07) is 63.3. The number of hydrogen-bond donors (Lipinski definition) is 0. The molecule has 0 spiro atoms. The van der Waals surface area contributed by atoms with Gasteiger partial charge in [0.2, 0.25) is 0 Å². The SMILES string of the molecule is c1ccc(C2(c3ccccc3)c3cc(-c4cccc5c4Sc4cccc6cccc-5c46)ccc3-c3ccc4ccccc4c32)cc1. The van der Waals surface area contributed by atoms with E-state index in [9.17, 15) is 0 Å². The normalized spacial score (nSPS) is 13.7. The molecule has 0 aromatic heterocycles. The van der Waals surface area contributed by atoms with Crippen LogP contribution in [0.1, 0.15) is 22.3 Å². The van der Waals surface area contributed by atoms with E-state index >= 15 is 0 Å². The molecule has 0 saturated carbocycles. The molecular weight excluding hydrogens is 573 g/mol. The summed E-state index contributed by atoms with van der Waals surface area (Å²) >= 11 is 1.91. The van der Waals surface area contributed by atoms with E-state index in [4.69, 9.17) is 0 Å². The van der Waals surface area contributed by atoms with Crippen molar-refractivity contribution in [1.82, 2.24) is 0 Å². The van der Waals surface area contributed by atoms with Crippen molar-refractivity contribution in [3.8, 4) is 33.4 Å². The zero-order chi connectivity index (χ0) is 30.2. The van der Waals surface area contributed by atoms with Crippen molar-refractivity contribution in [2.75, 3.05) is 0 Å². The summed E-state index contributed by atoms with van der Waals surface area (Å²) in [6.45, 7) is 0. The van der Waals surface area contributed by atoms with Crippen LogP contribution in [0.5, 0.6) is 0 Å². The molecule has 46 heavy (non-hydrogen) atoms. The van der Waals surface area contributed by atoms with Gasteiger partial charge < -0.3 is 0 Å². The lowest BCUT2D eigenvalue weighted by Gasteiger charge is -2.35. The molecule has 0 amide bonds. The highest BCUT2D eigenvalue weighted by molar-refractivity contribution is 8.00. The van der Waals surface area contributed by atoms with Gasteiger partial charge in [-0.3, -0.25) is 0 Å². The zero-order valence-corrected chi connectivity index (χ0v) is 25.9. The van der Waals surface area contributed by atoms with Crippen LogP contribution in [0.2, 0.25) is 0 Å². The molecule has 0 unspecified atom stereocenters. The minimum Gasteiger partial charge on any atom is -0.0881 e. The highest BCUT2D eigenvalue weighted by atomic mass is 32.2. The van der Waals surface area contributed by atoms with Gasteiger partial charge in [-0.25, -0.2) is 0 Å². The van der Waals surface area contributed by atoms with Gasteiger partial charge in [0.1, 0.15) is 0 Å². The molecule has 8 aromatic rings. The highest BCUT2D eigenvalue weighted by Crippen LogP contribution is 2.59. The van der Waals surface area contributed by atoms with Crippen LogP contribution >= 0.6 is 11.8 Å². The lowest BCUT2D eigenvalue weighted by atomic mass is 9.66. The molecule has 1 aliphatic carbocycles. The predicted molar refractivity (Wildman–Crippen MR) is 194 cm³/mol. The highest BCUT2D eigenvalue weighted by Gasteiger charge is 2.47. The summed E-state index contributed by atoms with van der Waals surface area (Å²) in [5.74, 6) is 0. The van der Waals surface area contributed by atoms with Gasteiger partial charge in [0.05, 0.1) is 5.41 Å². The average molecular weight is 601 g/mol. The zero-order valence-electron chi connectivity index (χ0n) is 25.1. The maximum absolute atomic E-state index is 2.50. The minimum atomic E-state index is -0.468. The van der Waals surface area contributed by atoms with Crippen LogP contribution in [-0.2, 0) is 5.41 Å². The van der Waals surface area contributed by atoms with Crippen LogP contribution in [0.3, 0.4) is 0 Å². The maximum atomic E-state index is 2.50. The molecule has 8 aromatic carbocycles. The first-order valence-corrected chi connectivity index (χ1v) is 16.8. The van der Waals surface area contributed by atoms with Crippen LogP contribution in [0.15, 0.2) is 180 Å². The molecule has 0 fully saturated rings. The summed E-state index contributed by atoms with van der Waals surface area (Å²) < 4.78 is 0. The van der Waals surface area contributed by atoms with Crippen molar-refractivity contribution in [2.24, 2.45) is 0 Å². The summed E-state index contributed by atoms with van der Waals surface area (Å²) in [5.41, 5.74) is 12.6. The molecule has 214 valence electrons. The second-order valence-corrected chi connectivity index (χ2v) is 13.4. The molecule has 1 heteroatoms. The Bertz CT molecular complexity index is 2450. The van der Waals surface area contributed by atoms with Crippen molar-refractivity contribution < 1.29 is 0 Å². The lowest BCUT2D eigenvalue weighted by molar-refractivity contribution is 0.775. The smallest absolute Gasteiger partial charge is 0.0719 e. The first kappa shape index (κ1) is 25.9. The molecule has 2 aliphatic rings. The maximum Gasteiger partial charge on any atom is 0.0719 e. The van der Waals surface area contributed by atoms with Crippen molar-refractivity contribution in [3.63, 3.8) is 0 Å². The molecule has 0 atom stereocenters. The van der Waals surface area contributed by atoms with Gasteiger partial charge in [-0.15, -0.1) is 0 Å². The van der Waals surface area contributed by atoms with Crippen molar-refractivity contribution in [3.05, 3.63) is 192 Å². The fraction of sp³-hybridized carbons (Fsp3) is 0.0222. The molecule has 0 N–H and O–H groups in total. The van der Waals surface area contributed by atoms with E-state index in [1.165, 1.54) is 87.0 Å². The van der Waals surface area contributed by atoms with Gasteiger partial charge in [0.25, 0.3) is 0 Å². The Morgan fingerprint density at radius 2 is 1.04 bits per heavy atom. The second-order valence-electron chi connectivity index (χ2n) is 12.4. The second kappa shape index (κ2) is 9.81. The summed E-state index contributed by atoms with van der Waals surface area (Å²) in [5, 5.41) is 5.24. The average Bonchev–Trinajstić information content (AvgIpc) is 3.43. The van der Waals surface area contributed by atoms with E-state index in [1.54, 1.807) is 0 Å². The Morgan fingerprint density at radius 1 is 0.413 bits per heavy atom. The van der Waals surface area contributed by atoms with Gasteiger partial charge >= 0.3 is 0 Å². The molecule has 0 radical (unpaired) electrons. The quantitative estimate of drug-likeness (QED) is 0.194. The molecule has 0 saturated heterocycles. The number of hydrogen-bond acceptors (Lipinski definition) is 1. The summed E-state index contributed by atoms with van der Waals surface area (Å²) in [4.78, 5) is 2.66. The standard InChI is InChI=1S/C45H28S/c1-3-15-32(16-4-1)45(33-17-5-2-6-18-33)40-28-31(25-26-36(40)38-27-24-29-12-7-8-19-34(29)43(38)45)35-20-11-22-39-37-21-9-13-30-14-10-23-41(42(30)37)46-44(35)39/h1-28H. The lowest BCUT2D eigenvalue weighted by Crippen LogP contribution is -2.28. The largest absolute Gasteiger partial charge is 0.0881 e. The van der Waals surface area contributed by atoms with Crippen molar-refractivity contribution in [1.29, 1.82) is 0 Å². The van der Waals surface area contributed by atoms with E-state index in [1.807, 2.05) is 11.8 Å². The molecule has 10 rings (SSSR count). The Labute approximate surface area is 273 Å². The van der Waals surface area contributed by atoms with Crippen molar-refractivity contribution >= 4 is 33.3 Å². The van der Waals surface area contributed by atoms with Crippen molar-refractivity contribution in [2.45, 2.75) is 15.2 Å². The molecule has 0 nitrogen and oxygen atoms in total. The van der Waals surface area contributed by atoms with Crippen LogP contribution in [-0.4, -0.2) is 0 Å². The van der Waals surface area contributed by atoms with Gasteiger partial charge in [-0.1, -0.05) is 169 Å². The van der Waals surface area contributed by atoms with Crippen LogP contribution in [0.4, 0.5) is 0 Å². The molecule has 1 heterocycles. The Hall–Kier alpha value is -5.37. The third kappa shape index (κ3) is 3.47. The predicted octanol–water partition coefficient (Wildman–Crippen LogP) is 12.2. The minimum absolute atomic E-state index is 0.468. The van der Waals surface area contributed by atoms with Gasteiger partial charge in [-0.2, -0.15) is 0 Å². The van der Waals surface area contributed by atoms with E-state index in [0.717, 1.165) is 0 Å². The fourth-order valence-electron chi connectivity index (χ4n) is 8.25. The van der Waals surface area contributed by atoms with Crippen LogP contribution in [0.25, 0.3) is 54.9 Å². The molecule has 1 aliphatic heterocycles. The molecule has 0 bridgehead atoms. The summed E-state index contributed by atoms with van der Waals surface area (Å²) in [6.07, 6.45) is 0. The summed E-state index contributed by atoms with van der Waals surface area (Å²) in [7, 11) is 0. The Kier molecular flexibility index (Phi) is 5.53. The van der Waals surface area contributed by atoms with Crippen LogP contribution in [0, 0.1) is 0 Å². The van der Waals surface area contributed by atoms with Gasteiger partial charge in [0.15, 0.2) is 0 Å².